The molecule has 0 aliphatic carbocycles. The van der Waals surface area contributed by atoms with E-state index in [0.29, 0.717) is 28.2 Å². The van der Waals surface area contributed by atoms with Gasteiger partial charge in [-0.05, 0) is 53.6 Å². The van der Waals surface area contributed by atoms with Gasteiger partial charge in [-0.15, -0.1) is 0 Å². The number of alkyl halides is 2. The zero-order valence-electron chi connectivity index (χ0n) is 19.3. The molecule has 1 heterocycles. The number of amides is 2. The second-order valence-corrected chi connectivity index (χ2v) is 9.47. The molecule has 1 atom stereocenters. The first-order valence-corrected chi connectivity index (χ1v) is 12.1. The standard InChI is InChI=1S/C27H25BrF2N4O2/c28-20-10-12-21(13-11-20)32-26(36)25(34-16-15-27(29,30)17-34)19-8-5-18(6-9-19)7-14-24(35)33-23-4-2-1-3-22(23)31/h1-14,25H,15-17,31H2,(H,32,36)(H,33,35). The SMILES string of the molecule is Nc1ccccc1NC(=O)C=Cc1ccc(C(C(=O)Nc2ccc(Br)cc2)N2CCC(F)(F)C2)cc1. The Kier molecular flexibility index (Phi) is 7.81. The smallest absolute Gasteiger partial charge is 0.261 e. The Balaban J connectivity index is 1.49. The molecule has 0 aromatic heterocycles. The number of likely N-dealkylation sites (tertiary alicyclic amines) is 1. The molecular weight excluding hydrogens is 530 g/mol. The van der Waals surface area contributed by atoms with E-state index in [1.807, 2.05) is 0 Å². The highest BCUT2D eigenvalue weighted by atomic mass is 79.9. The van der Waals surface area contributed by atoms with Crippen LogP contribution in [0.2, 0.25) is 0 Å². The largest absolute Gasteiger partial charge is 0.397 e. The number of nitrogen functional groups attached to an aromatic ring is 1. The van der Waals surface area contributed by atoms with Crippen molar-refractivity contribution in [2.45, 2.75) is 18.4 Å². The van der Waals surface area contributed by atoms with Gasteiger partial charge < -0.3 is 16.4 Å². The molecule has 1 aliphatic rings. The van der Waals surface area contributed by atoms with Crippen LogP contribution < -0.4 is 16.4 Å². The number of para-hydroxylation sites is 2. The monoisotopic (exact) mass is 554 g/mol. The van der Waals surface area contributed by atoms with Gasteiger partial charge in [0.2, 0.25) is 11.8 Å². The zero-order chi connectivity index (χ0) is 25.7. The van der Waals surface area contributed by atoms with Gasteiger partial charge in [-0.3, -0.25) is 14.5 Å². The molecule has 0 radical (unpaired) electrons. The van der Waals surface area contributed by atoms with Crippen LogP contribution in [0.4, 0.5) is 25.8 Å². The quantitative estimate of drug-likeness (QED) is 0.258. The van der Waals surface area contributed by atoms with E-state index in [1.165, 1.54) is 11.0 Å². The molecule has 1 saturated heterocycles. The lowest BCUT2D eigenvalue weighted by molar-refractivity contribution is -0.121. The molecule has 2 amide bonds. The summed E-state index contributed by atoms with van der Waals surface area (Å²) >= 11 is 3.35. The van der Waals surface area contributed by atoms with E-state index in [9.17, 15) is 18.4 Å². The normalized spacial score (nSPS) is 16.1. The molecule has 4 N–H and O–H groups in total. The topological polar surface area (TPSA) is 87.5 Å². The van der Waals surface area contributed by atoms with Gasteiger partial charge in [0.1, 0.15) is 6.04 Å². The summed E-state index contributed by atoms with van der Waals surface area (Å²) in [7, 11) is 0. The molecule has 1 unspecified atom stereocenters. The molecule has 0 bridgehead atoms. The van der Waals surface area contributed by atoms with E-state index in [0.717, 1.165) is 4.47 Å². The molecule has 9 heteroatoms. The van der Waals surface area contributed by atoms with Crippen LogP contribution in [0.15, 0.2) is 83.3 Å². The number of hydrogen-bond donors (Lipinski definition) is 3. The van der Waals surface area contributed by atoms with Crippen molar-refractivity contribution in [3.8, 4) is 0 Å². The van der Waals surface area contributed by atoms with Crippen molar-refractivity contribution in [2.75, 3.05) is 29.5 Å². The molecule has 186 valence electrons. The van der Waals surface area contributed by atoms with Crippen molar-refractivity contribution in [1.29, 1.82) is 0 Å². The van der Waals surface area contributed by atoms with Gasteiger partial charge in [-0.2, -0.15) is 0 Å². The van der Waals surface area contributed by atoms with Crippen LogP contribution in [0, 0.1) is 0 Å². The highest BCUT2D eigenvalue weighted by Gasteiger charge is 2.43. The Labute approximate surface area is 216 Å². The van der Waals surface area contributed by atoms with Crippen molar-refractivity contribution in [3.63, 3.8) is 0 Å². The van der Waals surface area contributed by atoms with Crippen LogP contribution in [0.25, 0.3) is 6.08 Å². The number of carbonyl (C=O) groups is 2. The first-order valence-electron chi connectivity index (χ1n) is 11.3. The summed E-state index contributed by atoms with van der Waals surface area (Å²) in [6.45, 7) is -0.383. The predicted molar refractivity (Wildman–Crippen MR) is 142 cm³/mol. The van der Waals surface area contributed by atoms with Crippen LogP contribution >= 0.6 is 15.9 Å². The fourth-order valence-electron chi connectivity index (χ4n) is 4.00. The Hall–Kier alpha value is -3.56. The summed E-state index contributed by atoms with van der Waals surface area (Å²) in [5.74, 6) is -3.57. The summed E-state index contributed by atoms with van der Waals surface area (Å²) in [6, 6.07) is 20.0. The molecule has 1 fully saturated rings. The van der Waals surface area contributed by atoms with E-state index >= 15 is 0 Å². The van der Waals surface area contributed by atoms with Gasteiger partial charge in [0.25, 0.3) is 5.92 Å². The highest BCUT2D eigenvalue weighted by Crippen LogP contribution is 2.34. The third-order valence-electron chi connectivity index (χ3n) is 5.82. The second kappa shape index (κ2) is 11.0. The summed E-state index contributed by atoms with van der Waals surface area (Å²) < 4.78 is 28.8. The minimum Gasteiger partial charge on any atom is -0.397 e. The van der Waals surface area contributed by atoms with E-state index in [1.54, 1.807) is 78.9 Å². The van der Waals surface area contributed by atoms with Gasteiger partial charge in [-0.1, -0.05) is 52.3 Å². The Morgan fingerprint density at radius 1 is 1.00 bits per heavy atom. The van der Waals surface area contributed by atoms with Gasteiger partial charge in [0.05, 0.1) is 17.9 Å². The number of anilines is 3. The van der Waals surface area contributed by atoms with Crippen molar-refractivity contribution in [3.05, 3.63) is 94.5 Å². The van der Waals surface area contributed by atoms with Crippen LogP contribution in [0.1, 0.15) is 23.6 Å². The minimum atomic E-state index is -2.84. The van der Waals surface area contributed by atoms with Crippen LogP contribution in [-0.2, 0) is 9.59 Å². The van der Waals surface area contributed by atoms with Crippen LogP contribution in [-0.4, -0.2) is 35.7 Å². The zero-order valence-corrected chi connectivity index (χ0v) is 20.8. The first kappa shape index (κ1) is 25.5. The number of carbonyl (C=O) groups excluding carboxylic acids is 2. The minimum absolute atomic E-state index is 0.107. The lowest BCUT2D eigenvalue weighted by atomic mass is 10.0. The van der Waals surface area contributed by atoms with Gasteiger partial charge in [0.15, 0.2) is 0 Å². The molecule has 3 aromatic rings. The third-order valence-corrected chi connectivity index (χ3v) is 6.35. The first-order chi connectivity index (χ1) is 17.2. The Morgan fingerprint density at radius 2 is 1.69 bits per heavy atom. The maximum atomic E-state index is 14.0. The number of hydrogen-bond acceptors (Lipinski definition) is 4. The van der Waals surface area contributed by atoms with Crippen molar-refractivity contribution >= 4 is 50.9 Å². The third kappa shape index (κ3) is 6.56. The fraction of sp³-hybridized carbons (Fsp3) is 0.185. The van der Waals surface area contributed by atoms with Crippen molar-refractivity contribution in [2.24, 2.45) is 0 Å². The maximum absolute atomic E-state index is 14.0. The molecule has 4 rings (SSSR count). The fourth-order valence-corrected chi connectivity index (χ4v) is 4.27. The van der Waals surface area contributed by atoms with E-state index in [2.05, 4.69) is 26.6 Å². The Morgan fingerprint density at radius 3 is 2.33 bits per heavy atom. The molecule has 3 aromatic carbocycles. The molecule has 1 aliphatic heterocycles. The molecule has 0 spiro atoms. The summed E-state index contributed by atoms with van der Waals surface area (Å²) in [6.07, 6.45) is 2.70. The number of benzene rings is 3. The summed E-state index contributed by atoms with van der Waals surface area (Å²) in [5, 5.41) is 5.54. The second-order valence-electron chi connectivity index (χ2n) is 8.55. The molecule has 36 heavy (non-hydrogen) atoms. The highest BCUT2D eigenvalue weighted by molar-refractivity contribution is 9.10. The van der Waals surface area contributed by atoms with E-state index in [-0.39, 0.29) is 18.9 Å². The summed E-state index contributed by atoms with van der Waals surface area (Å²) in [5.41, 5.74) is 8.70. The van der Waals surface area contributed by atoms with Gasteiger partial charge in [-0.25, -0.2) is 8.78 Å². The number of nitrogens with two attached hydrogens (primary N) is 1. The van der Waals surface area contributed by atoms with Gasteiger partial charge >= 0.3 is 0 Å². The van der Waals surface area contributed by atoms with Gasteiger partial charge in [0, 0.05) is 29.2 Å². The number of nitrogens with one attached hydrogen (secondary N) is 2. The summed E-state index contributed by atoms with van der Waals surface area (Å²) in [4.78, 5) is 27.0. The molecule has 6 nitrogen and oxygen atoms in total. The maximum Gasteiger partial charge on any atom is 0.261 e. The predicted octanol–water partition coefficient (Wildman–Crippen LogP) is 5.70. The van der Waals surface area contributed by atoms with E-state index < -0.39 is 24.4 Å². The van der Waals surface area contributed by atoms with Crippen molar-refractivity contribution in [1.82, 2.24) is 4.90 Å². The lowest BCUT2D eigenvalue weighted by Crippen LogP contribution is -2.37. The average molecular weight is 555 g/mol. The van der Waals surface area contributed by atoms with Crippen LogP contribution in [0.3, 0.4) is 0 Å². The Bertz CT molecular complexity index is 1260. The molecular formula is C27H25BrF2N4O2. The lowest BCUT2D eigenvalue weighted by Gasteiger charge is -2.27. The van der Waals surface area contributed by atoms with Crippen LogP contribution in [0.5, 0.6) is 0 Å². The van der Waals surface area contributed by atoms with Crippen molar-refractivity contribution < 1.29 is 18.4 Å². The number of halogens is 3. The van der Waals surface area contributed by atoms with E-state index in [4.69, 9.17) is 5.73 Å². The average Bonchev–Trinajstić information content (AvgIpc) is 3.20. The molecule has 0 saturated carbocycles. The number of nitrogens with zero attached hydrogens (tertiary/aromatic N) is 1. The number of rotatable bonds is 7.